The number of carboxylic acids is 1. The molecule has 92 valence electrons. The first-order valence-electron chi connectivity index (χ1n) is 4.63. The lowest BCUT2D eigenvalue weighted by atomic mass is 10.1. The molecule has 0 amide bonds. The Morgan fingerprint density at radius 2 is 1.82 bits per heavy atom. The number of ether oxygens (including phenoxy) is 2. The second-order valence-corrected chi connectivity index (χ2v) is 3.76. The number of fused-ring (bicyclic) bond motifs is 1. The van der Waals surface area contributed by atoms with Crippen molar-refractivity contribution < 1.29 is 28.2 Å². The summed E-state index contributed by atoms with van der Waals surface area (Å²) in [6, 6.07) is 2.02. The quantitative estimate of drug-likeness (QED) is 0.890. The van der Waals surface area contributed by atoms with E-state index in [1.54, 1.807) is 0 Å². The van der Waals surface area contributed by atoms with Crippen molar-refractivity contribution >= 4 is 17.6 Å². The molecule has 0 spiro atoms. The maximum atomic E-state index is 13.3. The average molecular weight is 265 g/mol. The summed E-state index contributed by atoms with van der Waals surface area (Å²) in [6.45, 7) is 0.505. The Balaban J connectivity index is 2.52. The normalized spacial score (nSPS) is 14.5. The van der Waals surface area contributed by atoms with Gasteiger partial charge in [-0.2, -0.15) is 8.78 Å². The van der Waals surface area contributed by atoms with E-state index in [4.69, 9.17) is 26.2 Å². The highest BCUT2D eigenvalue weighted by Crippen LogP contribution is 2.41. The number of rotatable bonds is 2. The standard InChI is InChI=1S/C10H7ClF2O4/c11-6-4-8-7(16-1-2-17-8)3-5(6)10(12,13)9(14)15/h3-4H,1-2H2,(H,14,15). The Hall–Kier alpha value is -1.56. The third-order valence-corrected chi connectivity index (χ3v) is 2.55. The molecular weight excluding hydrogens is 258 g/mol. The number of alkyl halides is 2. The van der Waals surface area contributed by atoms with Crippen molar-refractivity contribution in [2.75, 3.05) is 13.2 Å². The molecular formula is C10H7ClF2O4. The van der Waals surface area contributed by atoms with Crippen molar-refractivity contribution in [1.82, 2.24) is 0 Å². The van der Waals surface area contributed by atoms with Gasteiger partial charge >= 0.3 is 11.9 Å². The van der Waals surface area contributed by atoms with Crippen molar-refractivity contribution in [1.29, 1.82) is 0 Å². The van der Waals surface area contributed by atoms with Crippen LogP contribution in [0.1, 0.15) is 5.56 Å². The Morgan fingerprint density at radius 1 is 1.29 bits per heavy atom. The second kappa shape index (κ2) is 4.03. The summed E-state index contributed by atoms with van der Waals surface area (Å²) < 4.78 is 36.9. The molecule has 0 fully saturated rings. The van der Waals surface area contributed by atoms with Crippen LogP contribution in [0.4, 0.5) is 8.78 Å². The summed E-state index contributed by atoms with van der Waals surface area (Å²) in [5.74, 6) is -6.04. The largest absolute Gasteiger partial charge is 0.486 e. The molecule has 4 nitrogen and oxygen atoms in total. The summed E-state index contributed by atoms with van der Waals surface area (Å²) in [6.07, 6.45) is 0. The molecule has 1 heterocycles. The van der Waals surface area contributed by atoms with E-state index in [1.807, 2.05) is 0 Å². The van der Waals surface area contributed by atoms with E-state index in [9.17, 15) is 13.6 Å². The molecule has 1 N–H and O–H groups in total. The second-order valence-electron chi connectivity index (χ2n) is 3.36. The fourth-order valence-corrected chi connectivity index (χ4v) is 1.69. The molecule has 0 atom stereocenters. The van der Waals surface area contributed by atoms with Crippen LogP contribution in [-0.2, 0) is 10.7 Å². The van der Waals surface area contributed by atoms with Crippen LogP contribution in [0.2, 0.25) is 5.02 Å². The maximum absolute atomic E-state index is 13.3. The monoisotopic (exact) mass is 264 g/mol. The van der Waals surface area contributed by atoms with Crippen molar-refractivity contribution in [3.63, 3.8) is 0 Å². The number of carbonyl (C=O) groups is 1. The summed E-state index contributed by atoms with van der Waals surface area (Å²) in [4.78, 5) is 10.5. The van der Waals surface area contributed by atoms with Crippen LogP contribution < -0.4 is 9.47 Å². The molecule has 0 bridgehead atoms. The van der Waals surface area contributed by atoms with Gasteiger partial charge in [0.1, 0.15) is 13.2 Å². The van der Waals surface area contributed by atoms with Crippen LogP contribution in [0.5, 0.6) is 11.5 Å². The Bertz CT molecular complexity index is 476. The van der Waals surface area contributed by atoms with E-state index in [0.717, 1.165) is 12.1 Å². The molecule has 1 aliphatic rings. The van der Waals surface area contributed by atoms with Crippen molar-refractivity contribution in [2.24, 2.45) is 0 Å². The van der Waals surface area contributed by atoms with Gasteiger partial charge in [-0.1, -0.05) is 11.6 Å². The first kappa shape index (κ1) is 11.9. The molecule has 1 aromatic carbocycles. The zero-order valence-corrected chi connectivity index (χ0v) is 9.13. The van der Waals surface area contributed by atoms with Crippen molar-refractivity contribution in [2.45, 2.75) is 5.92 Å². The third-order valence-electron chi connectivity index (χ3n) is 2.24. The zero-order chi connectivity index (χ0) is 12.6. The molecule has 7 heteroatoms. The van der Waals surface area contributed by atoms with E-state index in [1.165, 1.54) is 0 Å². The van der Waals surface area contributed by atoms with Gasteiger partial charge in [-0.05, 0) is 6.07 Å². The lowest BCUT2D eigenvalue weighted by Gasteiger charge is -2.21. The lowest BCUT2D eigenvalue weighted by molar-refractivity contribution is -0.166. The fourth-order valence-electron chi connectivity index (χ4n) is 1.42. The van der Waals surface area contributed by atoms with E-state index >= 15 is 0 Å². The summed E-state index contributed by atoms with van der Waals surface area (Å²) in [5, 5.41) is 8.07. The molecule has 0 saturated heterocycles. The van der Waals surface area contributed by atoms with Gasteiger partial charge in [0.15, 0.2) is 11.5 Å². The van der Waals surface area contributed by atoms with Gasteiger partial charge in [0.05, 0.1) is 10.6 Å². The minimum Gasteiger partial charge on any atom is -0.486 e. The Morgan fingerprint density at radius 3 is 2.35 bits per heavy atom. The van der Waals surface area contributed by atoms with Gasteiger partial charge in [-0.25, -0.2) is 4.79 Å². The molecule has 2 rings (SSSR count). The van der Waals surface area contributed by atoms with Crippen LogP contribution in [0.25, 0.3) is 0 Å². The first-order chi connectivity index (χ1) is 7.93. The smallest absolute Gasteiger partial charge is 0.379 e. The third kappa shape index (κ3) is 2.00. The van der Waals surface area contributed by atoms with Gasteiger partial charge in [0.25, 0.3) is 0 Å². The molecule has 17 heavy (non-hydrogen) atoms. The molecule has 0 unspecified atom stereocenters. The predicted octanol–water partition coefficient (Wildman–Crippen LogP) is 2.29. The van der Waals surface area contributed by atoms with E-state index in [-0.39, 0.29) is 29.7 Å². The van der Waals surface area contributed by atoms with Crippen LogP contribution >= 0.6 is 11.6 Å². The highest BCUT2D eigenvalue weighted by atomic mass is 35.5. The van der Waals surface area contributed by atoms with Crippen LogP contribution in [0.3, 0.4) is 0 Å². The van der Waals surface area contributed by atoms with Gasteiger partial charge in [0, 0.05) is 6.07 Å². The number of benzene rings is 1. The van der Waals surface area contributed by atoms with Crippen LogP contribution in [0.15, 0.2) is 12.1 Å². The number of hydrogen-bond donors (Lipinski definition) is 1. The molecule has 0 radical (unpaired) electrons. The summed E-state index contributed by atoms with van der Waals surface area (Å²) in [7, 11) is 0. The maximum Gasteiger partial charge on any atom is 0.379 e. The Labute approximate surface area is 99.7 Å². The van der Waals surface area contributed by atoms with E-state index < -0.39 is 17.5 Å². The van der Waals surface area contributed by atoms with E-state index in [2.05, 4.69) is 0 Å². The molecule has 1 aliphatic heterocycles. The molecule has 0 aromatic heterocycles. The predicted molar refractivity (Wildman–Crippen MR) is 54.0 cm³/mol. The van der Waals surface area contributed by atoms with Crippen molar-refractivity contribution in [3.05, 3.63) is 22.7 Å². The van der Waals surface area contributed by atoms with Gasteiger partial charge in [-0.15, -0.1) is 0 Å². The van der Waals surface area contributed by atoms with Gasteiger partial charge in [-0.3, -0.25) is 0 Å². The SMILES string of the molecule is O=C(O)C(F)(F)c1cc2c(cc1Cl)OCCO2. The van der Waals surface area contributed by atoms with Crippen LogP contribution in [-0.4, -0.2) is 24.3 Å². The minimum atomic E-state index is -4.06. The fraction of sp³-hybridized carbons (Fsp3) is 0.300. The summed E-state index contributed by atoms with van der Waals surface area (Å²) in [5.41, 5.74) is -0.809. The zero-order valence-electron chi connectivity index (χ0n) is 8.37. The van der Waals surface area contributed by atoms with Gasteiger partial charge < -0.3 is 14.6 Å². The number of carboxylic acid groups (broad SMARTS) is 1. The lowest BCUT2D eigenvalue weighted by Crippen LogP contribution is -2.26. The summed E-state index contributed by atoms with van der Waals surface area (Å²) >= 11 is 5.61. The first-order valence-corrected chi connectivity index (χ1v) is 5.01. The van der Waals surface area contributed by atoms with Crippen LogP contribution in [0, 0.1) is 0 Å². The minimum absolute atomic E-state index is 0.0663. The molecule has 0 aliphatic carbocycles. The topological polar surface area (TPSA) is 55.8 Å². The van der Waals surface area contributed by atoms with Crippen molar-refractivity contribution in [3.8, 4) is 11.5 Å². The number of halogens is 3. The number of hydrogen-bond acceptors (Lipinski definition) is 3. The highest BCUT2D eigenvalue weighted by molar-refractivity contribution is 6.32. The Kier molecular flexibility index (Phi) is 2.82. The average Bonchev–Trinajstić information content (AvgIpc) is 2.27. The molecule has 0 saturated carbocycles. The number of aliphatic carboxylic acids is 1. The molecule has 1 aromatic rings. The van der Waals surface area contributed by atoms with Gasteiger partial charge in [0.2, 0.25) is 0 Å². The highest BCUT2D eigenvalue weighted by Gasteiger charge is 2.43. The van der Waals surface area contributed by atoms with E-state index in [0.29, 0.717) is 0 Å².